The minimum Gasteiger partial charge on any atom is -0.481 e. The third-order valence-corrected chi connectivity index (χ3v) is 5.07. The molecule has 0 unspecified atom stereocenters. The Labute approximate surface area is 110 Å². The molecule has 0 radical (unpaired) electrons. The molecular weight excluding hydrogens is 248 g/mol. The van der Waals surface area contributed by atoms with Gasteiger partial charge < -0.3 is 15.7 Å². The number of carboxylic acids is 1. The maximum Gasteiger partial charge on any atom is 0.311 e. The number of primary amides is 1. The topological polar surface area (TPSA) is 101 Å². The molecule has 3 N–H and O–H groups in total. The SMILES string of the molecule is NC(=O)[C@@H]1CC[C@H](C(=O)N2C[C@H]3C[C@@]3(C(=O)O)C2)C1. The standard InChI is InChI=1S/C13H18N2O4/c14-10(16)7-1-2-8(3-7)11(17)15-5-9-4-13(9,6-15)12(18)19/h7-9H,1-6H2,(H2,14,16)(H,18,19)/t7-,8+,9-,13-/m1/s1. The van der Waals surface area contributed by atoms with Crippen molar-refractivity contribution < 1.29 is 19.5 Å². The molecule has 1 aliphatic heterocycles. The molecule has 2 saturated carbocycles. The van der Waals surface area contributed by atoms with Crippen LogP contribution in [0.5, 0.6) is 0 Å². The molecule has 0 aromatic heterocycles. The minimum atomic E-state index is -0.783. The van der Waals surface area contributed by atoms with Crippen molar-refractivity contribution in [2.75, 3.05) is 13.1 Å². The number of fused-ring (bicyclic) bond motifs is 1. The Morgan fingerprint density at radius 1 is 1.21 bits per heavy atom. The molecule has 0 aromatic carbocycles. The van der Waals surface area contributed by atoms with Crippen LogP contribution >= 0.6 is 0 Å². The second kappa shape index (κ2) is 3.95. The average molecular weight is 266 g/mol. The Hall–Kier alpha value is -1.59. The Kier molecular flexibility index (Phi) is 2.59. The molecule has 3 fully saturated rings. The highest BCUT2D eigenvalue weighted by molar-refractivity contribution is 5.86. The Morgan fingerprint density at radius 2 is 1.89 bits per heavy atom. The highest BCUT2D eigenvalue weighted by Crippen LogP contribution is 2.58. The first kappa shape index (κ1) is 12.4. The molecule has 0 spiro atoms. The van der Waals surface area contributed by atoms with Crippen molar-refractivity contribution in [1.29, 1.82) is 0 Å². The molecule has 6 heteroatoms. The second-order valence-corrected chi connectivity index (χ2v) is 6.19. The van der Waals surface area contributed by atoms with Gasteiger partial charge in [0.2, 0.25) is 11.8 Å². The molecule has 104 valence electrons. The van der Waals surface area contributed by atoms with Crippen LogP contribution in [0.1, 0.15) is 25.7 Å². The summed E-state index contributed by atoms with van der Waals surface area (Å²) in [7, 11) is 0. The lowest BCUT2D eigenvalue weighted by Gasteiger charge is -2.23. The summed E-state index contributed by atoms with van der Waals surface area (Å²) in [6.07, 6.45) is 2.58. The predicted molar refractivity (Wildman–Crippen MR) is 64.8 cm³/mol. The van der Waals surface area contributed by atoms with Crippen LogP contribution in [0.3, 0.4) is 0 Å². The maximum atomic E-state index is 12.3. The maximum absolute atomic E-state index is 12.3. The number of carbonyl (C=O) groups is 3. The first-order valence-corrected chi connectivity index (χ1v) is 6.75. The summed E-state index contributed by atoms with van der Waals surface area (Å²) in [5, 5.41) is 9.19. The number of nitrogens with two attached hydrogens (primary N) is 1. The van der Waals surface area contributed by atoms with E-state index in [0.29, 0.717) is 38.8 Å². The van der Waals surface area contributed by atoms with Crippen LogP contribution in [-0.2, 0) is 14.4 Å². The summed E-state index contributed by atoms with van der Waals surface area (Å²) >= 11 is 0. The van der Waals surface area contributed by atoms with Gasteiger partial charge in [-0.1, -0.05) is 0 Å². The van der Waals surface area contributed by atoms with Gasteiger partial charge in [0.05, 0.1) is 5.41 Å². The third kappa shape index (κ3) is 1.81. The van der Waals surface area contributed by atoms with Gasteiger partial charge in [0.15, 0.2) is 0 Å². The zero-order chi connectivity index (χ0) is 13.8. The molecule has 3 rings (SSSR count). The largest absolute Gasteiger partial charge is 0.481 e. The first-order chi connectivity index (χ1) is 8.94. The number of likely N-dealkylation sites (tertiary alicyclic amines) is 1. The lowest BCUT2D eigenvalue weighted by Crippen LogP contribution is -2.37. The van der Waals surface area contributed by atoms with Crippen LogP contribution < -0.4 is 5.73 Å². The third-order valence-electron chi connectivity index (χ3n) is 5.07. The van der Waals surface area contributed by atoms with E-state index < -0.39 is 11.4 Å². The first-order valence-electron chi connectivity index (χ1n) is 6.75. The number of rotatable bonds is 3. The fraction of sp³-hybridized carbons (Fsp3) is 0.769. The van der Waals surface area contributed by atoms with Gasteiger partial charge in [0, 0.05) is 24.9 Å². The van der Waals surface area contributed by atoms with E-state index in [1.165, 1.54) is 0 Å². The van der Waals surface area contributed by atoms with Gasteiger partial charge in [-0.15, -0.1) is 0 Å². The fourth-order valence-corrected chi connectivity index (χ4v) is 3.70. The lowest BCUT2D eigenvalue weighted by atomic mass is 10.0. The van der Waals surface area contributed by atoms with E-state index in [9.17, 15) is 19.5 Å². The van der Waals surface area contributed by atoms with E-state index >= 15 is 0 Å². The smallest absolute Gasteiger partial charge is 0.311 e. The molecule has 3 aliphatic rings. The lowest BCUT2D eigenvalue weighted by molar-refractivity contribution is -0.144. The van der Waals surface area contributed by atoms with Crippen molar-refractivity contribution in [2.24, 2.45) is 28.9 Å². The summed E-state index contributed by atoms with van der Waals surface area (Å²) < 4.78 is 0. The van der Waals surface area contributed by atoms with E-state index in [4.69, 9.17) is 5.73 Å². The van der Waals surface area contributed by atoms with Crippen molar-refractivity contribution in [2.45, 2.75) is 25.7 Å². The van der Waals surface area contributed by atoms with E-state index in [1.807, 2.05) is 0 Å². The predicted octanol–water partition coefficient (Wildman–Crippen LogP) is -0.179. The average Bonchev–Trinajstić information content (AvgIpc) is 2.80. The highest BCUT2D eigenvalue weighted by Gasteiger charge is 2.66. The fourth-order valence-electron chi connectivity index (χ4n) is 3.70. The van der Waals surface area contributed by atoms with Gasteiger partial charge in [0.1, 0.15) is 0 Å². The Morgan fingerprint density at radius 3 is 2.42 bits per heavy atom. The zero-order valence-electron chi connectivity index (χ0n) is 10.7. The Bertz CT molecular complexity index is 464. The number of nitrogens with zero attached hydrogens (tertiary/aromatic N) is 1. The van der Waals surface area contributed by atoms with Crippen molar-refractivity contribution in [1.82, 2.24) is 4.90 Å². The van der Waals surface area contributed by atoms with Crippen LogP contribution in [0.2, 0.25) is 0 Å². The summed E-state index contributed by atoms with van der Waals surface area (Å²) in [6.45, 7) is 0.895. The van der Waals surface area contributed by atoms with Crippen molar-refractivity contribution in [3.05, 3.63) is 0 Å². The van der Waals surface area contributed by atoms with Gasteiger partial charge in [-0.3, -0.25) is 14.4 Å². The summed E-state index contributed by atoms with van der Waals surface area (Å²) in [6, 6.07) is 0. The van der Waals surface area contributed by atoms with E-state index in [0.717, 1.165) is 0 Å². The number of carboxylic acid groups (broad SMARTS) is 1. The summed E-state index contributed by atoms with van der Waals surface area (Å²) in [5.41, 5.74) is 4.59. The normalized spacial score (nSPS) is 40.0. The summed E-state index contributed by atoms with van der Waals surface area (Å²) in [4.78, 5) is 36.3. The van der Waals surface area contributed by atoms with Crippen LogP contribution in [0.15, 0.2) is 0 Å². The number of piperidine rings is 1. The second-order valence-electron chi connectivity index (χ2n) is 6.19. The van der Waals surface area contributed by atoms with Crippen LogP contribution in [0, 0.1) is 23.2 Å². The van der Waals surface area contributed by atoms with E-state index in [2.05, 4.69) is 0 Å². The van der Waals surface area contributed by atoms with Gasteiger partial charge in [-0.25, -0.2) is 0 Å². The number of amides is 2. The van der Waals surface area contributed by atoms with E-state index in [-0.39, 0.29) is 29.6 Å². The molecule has 4 atom stereocenters. The van der Waals surface area contributed by atoms with Crippen LogP contribution in [0.4, 0.5) is 0 Å². The van der Waals surface area contributed by atoms with Crippen molar-refractivity contribution in [3.63, 3.8) is 0 Å². The molecule has 2 aliphatic carbocycles. The number of carbonyl (C=O) groups excluding carboxylic acids is 2. The molecule has 19 heavy (non-hydrogen) atoms. The van der Waals surface area contributed by atoms with Crippen molar-refractivity contribution in [3.8, 4) is 0 Å². The number of hydrogen-bond acceptors (Lipinski definition) is 3. The van der Waals surface area contributed by atoms with Gasteiger partial charge in [-0.05, 0) is 31.6 Å². The van der Waals surface area contributed by atoms with Crippen LogP contribution in [0.25, 0.3) is 0 Å². The monoisotopic (exact) mass is 266 g/mol. The molecule has 1 saturated heterocycles. The highest BCUT2D eigenvalue weighted by atomic mass is 16.4. The molecule has 0 bridgehead atoms. The molecule has 0 aromatic rings. The van der Waals surface area contributed by atoms with Crippen LogP contribution in [-0.4, -0.2) is 40.9 Å². The quantitative estimate of drug-likeness (QED) is 0.740. The zero-order valence-corrected chi connectivity index (χ0v) is 10.7. The van der Waals surface area contributed by atoms with Gasteiger partial charge >= 0.3 is 5.97 Å². The van der Waals surface area contributed by atoms with Gasteiger partial charge in [0.25, 0.3) is 0 Å². The molecule has 6 nitrogen and oxygen atoms in total. The molecular formula is C13H18N2O4. The Balaban J connectivity index is 1.61. The minimum absolute atomic E-state index is 0.0107. The van der Waals surface area contributed by atoms with E-state index in [1.54, 1.807) is 4.90 Å². The van der Waals surface area contributed by atoms with Gasteiger partial charge in [-0.2, -0.15) is 0 Å². The van der Waals surface area contributed by atoms with Crippen molar-refractivity contribution >= 4 is 17.8 Å². The number of hydrogen-bond donors (Lipinski definition) is 2. The summed E-state index contributed by atoms with van der Waals surface area (Å²) in [5.74, 6) is -1.32. The molecule has 1 heterocycles. The number of aliphatic carboxylic acids is 1. The molecule has 2 amide bonds.